The number of esters is 1. The summed E-state index contributed by atoms with van der Waals surface area (Å²) in [7, 11) is 0. The molecule has 0 saturated carbocycles. The molecule has 1 aliphatic rings. The average Bonchev–Trinajstić information content (AvgIpc) is 2.40. The third-order valence-electron chi connectivity index (χ3n) is 3.10. The third kappa shape index (κ3) is 2.99. The zero-order valence-corrected chi connectivity index (χ0v) is 10.3. The molecule has 0 bridgehead atoms. The summed E-state index contributed by atoms with van der Waals surface area (Å²) in [5.74, 6) is -0.238. The second-order valence-electron chi connectivity index (χ2n) is 4.32. The fourth-order valence-electron chi connectivity index (χ4n) is 2.17. The molecule has 0 spiro atoms. The summed E-state index contributed by atoms with van der Waals surface area (Å²) in [5, 5.41) is 0. The zero-order chi connectivity index (χ0) is 12.1. The van der Waals surface area contributed by atoms with Gasteiger partial charge in [-0.1, -0.05) is 0 Å². The van der Waals surface area contributed by atoms with Crippen LogP contribution in [0.3, 0.4) is 0 Å². The van der Waals surface area contributed by atoms with Crippen molar-refractivity contribution in [3.63, 3.8) is 0 Å². The summed E-state index contributed by atoms with van der Waals surface area (Å²) < 4.78 is 4.96. The van der Waals surface area contributed by atoms with E-state index < -0.39 is 0 Å². The molecule has 0 aliphatic carbocycles. The molecule has 92 valence electrons. The van der Waals surface area contributed by atoms with E-state index in [1.54, 1.807) is 0 Å². The van der Waals surface area contributed by atoms with Crippen molar-refractivity contribution < 1.29 is 9.53 Å². The molecule has 1 aromatic rings. The standard InChI is InChI=1S/C14H19NO2/c1-2-17-14(16)12-6-8-13(9-7-12)15-10-4-3-5-11-15/h6-9H,2-5,10-11H2,1H3. The van der Waals surface area contributed by atoms with Crippen LogP contribution in [0.4, 0.5) is 5.69 Å². The smallest absolute Gasteiger partial charge is 0.338 e. The number of anilines is 1. The molecule has 1 aromatic carbocycles. The Balaban J connectivity index is 2.04. The van der Waals surface area contributed by atoms with Gasteiger partial charge in [0.25, 0.3) is 0 Å². The number of hydrogen-bond donors (Lipinski definition) is 0. The predicted octanol–water partition coefficient (Wildman–Crippen LogP) is 2.85. The molecule has 0 N–H and O–H groups in total. The highest BCUT2D eigenvalue weighted by Gasteiger charge is 2.12. The molecule has 17 heavy (non-hydrogen) atoms. The van der Waals surface area contributed by atoms with E-state index in [4.69, 9.17) is 4.74 Å². The first-order valence-electron chi connectivity index (χ1n) is 6.33. The van der Waals surface area contributed by atoms with Gasteiger partial charge in [0.2, 0.25) is 0 Å². The van der Waals surface area contributed by atoms with Crippen LogP contribution in [0.1, 0.15) is 36.5 Å². The summed E-state index contributed by atoms with van der Waals surface area (Å²) in [5.41, 5.74) is 1.84. The Hall–Kier alpha value is -1.51. The van der Waals surface area contributed by atoms with Crippen molar-refractivity contribution in [2.75, 3.05) is 24.6 Å². The summed E-state index contributed by atoms with van der Waals surface area (Å²) in [6.07, 6.45) is 3.86. The van der Waals surface area contributed by atoms with Crippen molar-refractivity contribution >= 4 is 11.7 Å². The van der Waals surface area contributed by atoms with Crippen molar-refractivity contribution in [3.8, 4) is 0 Å². The molecule has 0 aromatic heterocycles. The Morgan fingerprint density at radius 3 is 2.41 bits per heavy atom. The second kappa shape index (κ2) is 5.71. The van der Waals surface area contributed by atoms with Crippen LogP contribution >= 0.6 is 0 Å². The molecule has 3 heteroatoms. The number of hydrogen-bond acceptors (Lipinski definition) is 3. The topological polar surface area (TPSA) is 29.5 Å². The van der Waals surface area contributed by atoms with Crippen LogP contribution < -0.4 is 4.90 Å². The number of piperidine rings is 1. The summed E-state index contributed by atoms with van der Waals surface area (Å²) in [4.78, 5) is 13.9. The second-order valence-corrected chi connectivity index (χ2v) is 4.32. The monoisotopic (exact) mass is 233 g/mol. The molecule has 3 nitrogen and oxygen atoms in total. The Labute approximate surface area is 102 Å². The lowest BCUT2D eigenvalue weighted by Crippen LogP contribution is -2.29. The van der Waals surface area contributed by atoms with Crippen molar-refractivity contribution in [1.29, 1.82) is 0 Å². The van der Waals surface area contributed by atoms with Gasteiger partial charge in [0.15, 0.2) is 0 Å². The first kappa shape index (κ1) is 12.0. The van der Waals surface area contributed by atoms with E-state index in [1.165, 1.54) is 24.9 Å². The Morgan fingerprint density at radius 1 is 1.18 bits per heavy atom. The number of carbonyl (C=O) groups excluding carboxylic acids is 1. The lowest BCUT2D eigenvalue weighted by molar-refractivity contribution is 0.0526. The minimum atomic E-state index is -0.238. The van der Waals surface area contributed by atoms with Gasteiger partial charge in [0, 0.05) is 18.8 Å². The Morgan fingerprint density at radius 2 is 1.82 bits per heavy atom. The molecule has 0 unspecified atom stereocenters. The van der Waals surface area contributed by atoms with E-state index in [1.807, 2.05) is 31.2 Å². The van der Waals surface area contributed by atoms with Crippen molar-refractivity contribution in [1.82, 2.24) is 0 Å². The predicted molar refractivity (Wildman–Crippen MR) is 68.5 cm³/mol. The highest BCUT2D eigenvalue weighted by Crippen LogP contribution is 2.20. The maximum atomic E-state index is 11.5. The van der Waals surface area contributed by atoms with E-state index in [-0.39, 0.29) is 5.97 Å². The maximum absolute atomic E-state index is 11.5. The molecule has 0 amide bonds. The van der Waals surface area contributed by atoms with Gasteiger partial charge in [-0.25, -0.2) is 4.79 Å². The number of benzene rings is 1. The van der Waals surface area contributed by atoms with Gasteiger partial charge in [-0.3, -0.25) is 0 Å². The first-order valence-corrected chi connectivity index (χ1v) is 6.33. The molecule has 1 fully saturated rings. The number of carbonyl (C=O) groups is 1. The van der Waals surface area contributed by atoms with Crippen molar-refractivity contribution in [2.24, 2.45) is 0 Å². The third-order valence-corrected chi connectivity index (χ3v) is 3.10. The van der Waals surface area contributed by atoms with Crippen LogP contribution in [-0.4, -0.2) is 25.7 Å². The molecular weight excluding hydrogens is 214 g/mol. The molecule has 0 radical (unpaired) electrons. The van der Waals surface area contributed by atoms with E-state index >= 15 is 0 Å². The maximum Gasteiger partial charge on any atom is 0.338 e. The quantitative estimate of drug-likeness (QED) is 0.752. The van der Waals surface area contributed by atoms with Crippen LogP contribution in [-0.2, 0) is 4.74 Å². The van der Waals surface area contributed by atoms with Gasteiger partial charge in [-0.15, -0.1) is 0 Å². The van der Waals surface area contributed by atoms with Gasteiger partial charge in [0.1, 0.15) is 0 Å². The Kier molecular flexibility index (Phi) is 4.02. The average molecular weight is 233 g/mol. The SMILES string of the molecule is CCOC(=O)c1ccc(N2CCCCC2)cc1. The highest BCUT2D eigenvalue weighted by molar-refractivity contribution is 5.89. The minimum absolute atomic E-state index is 0.238. The molecule has 2 rings (SSSR count). The van der Waals surface area contributed by atoms with E-state index in [0.29, 0.717) is 12.2 Å². The fraction of sp³-hybridized carbons (Fsp3) is 0.500. The van der Waals surface area contributed by atoms with E-state index in [2.05, 4.69) is 4.90 Å². The molecule has 1 saturated heterocycles. The van der Waals surface area contributed by atoms with Crippen molar-refractivity contribution in [3.05, 3.63) is 29.8 Å². The highest BCUT2D eigenvalue weighted by atomic mass is 16.5. The molecular formula is C14H19NO2. The molecule has 1 heterocycles. The van der Waals surface area contributed by atoms with E-state index in [9.17, 15) is 4.79 Å². The fourth-order valence-corrected chi connectivity index (χ4v) is 2.17. The largest absolute Gasteiger partial charge is 0.462 e. The lowest BCUT2D eigenvalue weighted by atomic mass is 10.1. The number of rotatable bonds is 3. The van der Waals surface area contributed by atoms with Gasteiger partial charge in [-0.05, 0) is 50.5 Å². The molecule has 1 aliphatic heterocycles. The van der Waals surface area contributed by atoms with Crippen molar-refractivity contribution in [2.45, 2.75) is 26.2 Å². The van der Waals surface area contributed by atoms with Gasteiger partial charge in [-0.2, -0.15) is 0 Å². The van der Waals surface area contributed by atoms with Crippen LogP contribution in [0.15, 0.2) is 24.3 Å². The zero-order valence-electron chi connectivity index (χ0n) is 10.3. The minimum Gasteiger partial charge on any atom is -0.462 e. The summed E-state index contributed by atoms with van der Waals surface area (Å²) in [6.45, 7) is 4.49. The summed E-state index contributed by atoms with van der Waals surface area (Å²) >= 11 is 0. The number of nitrogens with zero attached hydrogens (tertiary/aromatic N) is 1. The van der Waals surface area contributed by atoms with Gasteiger partial charge >= 0.3 is 5.97 Å². The lowest BCUT2D eigenvalue weighted by Gasteiger charge is -2.28. The van der Waals surface area contributed by atoms with Crippen LogP contribution in [0.25, 0.3) is 0 Å². The molecule has 0 atom stereocenters. The van der Waals surface area contributed by atoms with Crippen LogP contribution in [0.5, 0.6) is 0 Å². The first-order chi connectivity index (χ1) is 8.31. The Bertz CT molecular complexity index is 366. The van der Waals surface area contributed by atoms with Crippen LogP contribution in [0, 0.1) is 0 Å². The number of ether oxygens (including phenoxy) is 1. The van der Waals surface area contributed by atoms with Gasteiger partial charge in [0.05, 0.1) is 12.2 Å². The van der Waals surface area contributed by atoms with Gasteiger partial charge < -0.3 is 9.64 Å². The summed E-state index contributed by atoms with van der Waals surface area (Å²) in [6, 6.07) is 7.72. The van der Waals surface area contributed by atoms with E-state index in [0.717, 1.165) is 13.1 Å². The van der Waals surface area contributed by atoms with Crippen LogP contribution in [0.2, 0.25) is 0 Å². The normalized spacial score (nSPS) is 15.7.